The van der Waals surface area contributed by atoms with Crippen LogP contribution in [0.1, 0.15) is 36.0 Å². The zero-order valence-electron chi connectivity index (χ0n) is 15.4. The molecular formula is C24H23NO2. The van der Waals surface area contributed by atoms with Gasteiger partial charge < -0.3 is 10.1 Å². The number of benzene rings is 3. The van der Waals surface area contributed by atoms with Gasteiger partial charge in [-0.2, -0.15) is 0 Å². The van der Waals surface area contributed by atoms with E-state index in [1.54, 1.807) is 0 Å². The quantitative estimate of drug-likeness (QED) is 0.693. The Morgan fingerprint density at radius 3 is 2.07 bits per heavy atom. The van der Waals surface area contributed by atoms with Gasteiger partial charge >= 0.3 is 0 Å². The summed E-state index contributed by atoms with van der Waals surface area (Å²) in [6.45, 7) is 2.07. The Balaban J connectivity index is 1.51. The first-order chi connectivity index (χ1) is 13.2. The molecule has 4 rings (SSSR count). The van der Waals surface area contributed by atoms with E-state index in [4.69, 9.17) is 4.74 Å². The topological polar surface area (TPSA) is 38.3 Å². The van der Waals surface area contributed by atoms with Gasteiger partial charge in [0.15, 0.2) is 0 Å². The molecule has 136 valence electrons. The van der Waals surface area contributed by atoms with E-state index < -0.39 is 0 Å². The average Bonchev–Trinajstić information content (AvgIpc) is 2.71. The highest BCUT2D eigenvalue weighted by atomic mass is 16.5. The Hall–Kier alpha value is -3.07. The Bertz CT molecular complexity index is 890. The molecule has 0 fully saturated rings. The van der Waals surface area contributed by atoms with Gasteiger partial charge in [-0.15, -0.1) is 0 Å². The van der Waals surface area contributed by atoms with Crippen LogP contribution in [-0.2, 0) is 11.2 Å². The summed E-state index contributed by atoms with van der Waals surface area (Å²) in [5.74, 6) is 1.20. The molecular weight excluding hydrogens is 334 g/mol. The molecule has 0 saturated heterocycles. The van der Waals surface area contributed by atoms with E-state index in [0.717, 1.165) is 35.5 Å². The average molecular weight is 357 g/mol. The van der Waals surface area contributed by atoms with E-state index in [9.17, 15) is 4.79 Å². The minimum Gasteiger partial charge on any atom is -0.457 e. The van der Waals surface area contributed by atoms with Crippen LogP contribution in [0.2, 0.25) is 0 Å². The summed E-state index contributed by atoms with van der Waals surface area (Å²) in [6, 6.07) is 26.0. The highest BCUT2D eigenvalue weighted by molar-refractivity contribution is 5.89. The number of rotatable bonds is 5. The summed E-state index contributed by atoms with van der Waals surface area (Å²) in [5, 5.41) is 3.21. The van der Waals surface area contributed by atoms with Gasteiger partial charge in [0.2, 0.25) is 5.91 Å². The van der Waals surface area contributed by atoms with Gasteiger partial charge in [-0.1, -0.05) is 66.7 Å². The maximum absolute atomic E-state index is 13.2. The number of ether oxygens (including phenoxy) is 1. The number of aryl methyl sites for hydroxylation is 1. The third-order valence-electron chi connectivity index (χ3n) is 5.04. The standard InChI is InChI=1S/C24H23NO2/c1-17(15-16-18-9-3-2-4-10-18)25-24(26)23-19-11-5-7-13-21(19)27-22-14-8-6-12-20(22)23/h2-14,17,23H,15-16H2,1H3,(H,25,26)/t17-/m1/s1. The molecule has 0 aromatic heterocycles. The van der Waals surface area contributed by atoms with Crippen molar-refractivity contribution in [2.24, 2.45) is 0 Å². The Labute approximate surface area is 160 Å². The largest absolute Gasteiger partial charge is 0.457 e. The Morgan fingerprint density at radius 2 is 1.44 bits per heavy atom. The number of hydrogen-bond donors (Lipinski definition) is 1. The smallest absolute Gasteiger partial charge is 0.232 e. The summed E-state index contributed by atoms with van der Waals surface area (Å²) < 4.78 is 5.99. The molecule has 1 amide bonds. The minimum atomic E-state index is -0.342. The van der Waals surface area contributed by atoms with Crippen LogP contribution in [-0.4, -0.2) is 11.9 Å². The lowest BCUT2D eigenvalue weighted by Crippen LogP contribution is -2.37. The molecule has 1 atom stereocenters. The molecule has 1 N–H and O–H groups in total. The van der Waals surface area contributed by atoms with Crippen molar-refractivity contribution in [3.63, 3.8) is 0 Å². The molecule has 0 spiro atoms. The van der Waals surface area contributed by atoms with Gasteiger partial charge in [-0.25, -0.2) is 0 Å². The summed E-state index contributed by atoms with van der Waals surface area (Å²) >= 11 is 0. The zero-order chi connectivity index (χ0) is 18.6. The SMILES string of the molecule is C[C@H](CCc1ccccc1)NC(=O)C1c2ccccc2Oc2ccccc21. The maximum Gasteiger partial charge on any atom is 0.232 e. The van der Waals surface area contributed by atoms with Crippen LogP contribution < -0.4 is 10.1 Å². The molecule has 3 nitrogen and oxygen atoms in total. The fourth-order valence-corrected chi connectivity index (χ4v) is 3.62. The third kappa shape index (κ3) is 3.72. The highest BCUT2D eigenvalue weighted by Crippen LogP contribution is 2.43. The van der Waals surface area contributed by atoms with Crippen molar-refractivity contribution in [3.8, 4) is 11.5 Å². The summed E-state index contributed by atoms with van der Waals surface area (Å²) in [7, 11) is 0. The van der Waals surface area contributed by atoms with Gasteiger partial charge in [0.1, 0.15) is 11.5 Å². The summed E-state index contributed by atoms with van der Waals surface area (Å²) in [5.41, 5.74) is 3.13. The second kappa shape index (κ2) is 7.67. The van der Waals surface area contributed by atoms with Gasteiger partial charge in [0.25, 0.3) is 0 Å². The van der Waals surface area contributed by atoms with Crippen LogP contribution in [0.3, 0.4) is 0 Å². The first-order valence-corrected chi connectivity index (χ1v) is 9.42. The molecule has 1 aliphatic rings. The number of para-hydroxylation sites is 2. The lowest BCUT2D eigenvalue weighted by Gasteiger charge is -2.28. The molecule has 0 radical (unpaired) electrons. The van der Waals surface area contributed by atoms with Crippen LogP contribution in [0.4, 0.5) is 0 Å². The lowest BCUT2D eigenvalue weighted by atomic mass is 9.87. The van der Waals surface area contributed by atoms with Crippen molar-refractivity contribution in [1.82, 2.24) is 5.32 Å². The number of nitrogens with one attached hydrogen (secondary N) is 1. The van der Waals surface area contributed by atoms with E-state index in [1.165, 1.54) is 5.56 Å². The predicted octanol–water partition coefficient (Wildman–Crippen LogP) is 5.06. The fraction of sp³-hybridized carbons (Fsp3) is 0.208. The van der Waals surface area contributed by atoms with E-state index >= 15 is 0 Å². The molecule has 27 heavy (non-hydrogen) atoms. The summed E-state index contributed by atoms with van der Waals surface area (Å²) in [6.07, 6.45) is 1.85. The van der Waals surface area contributed by atoms with Gasteiger partial charge in [0, 0.05) is 17.2 Å². The number of carbonyl (C=O) groups excluding carboxylic acids is 1. The first-order valence-electron chi connectivity index (χ1n) is 9.42. The van der Waals surface area contributed by atoms with Gasteiger partial charge in [-0.05, 0) is 37.5 Å². The highest BCUT2D eigenvalue weighted by Gasteiger charge is 2.32. The number of amides is 1. The number of fused-ring (bicyclic) bond motifs is 2. The number of carbonyl (C=O) groups is 1. The molecule has 0 aliphatic carbocycles. The molecule has 3 aromatic rings. The van der Waals surface area contributed by atoms with Crippen molar-refractivity contribution >= 4 is 5.91 Å². The molecule has 0 bridgehead atoms. The third-order valence-corrected chi connectivity index (χ3v) is 5.04. The van der Waals surface area contributed by atoms with Crippen molar-refractivity contribution in [2.45, 2.75) is 31.7 Å². The van der Waals surface area contributed by atoms with Gasteiger partial charge in [0.05, 0.1) is 5.92 Å². The van der Waals surface area contributed by atoms with E-state index in [-0.39, 0.29) is 17.9 Å². The van der Waals surface area contributed by atoms with Crippen LogP contribution in [0.5, 0.6) is 11.5 Å². The molecule has 3 aromatic carbocycles. The van der Waals surface area contributed by atoms with E-state index in [0.29, 0.717) is 0 Å². The maximum atomic E-state index is 13.2. The first kappa shape index (κ1) is 17.3. The van der Waals surface area contributed by atoms with E-state index in [1.807, 2.05) is 54.6 Å². The van der Waals surface area contributed by atoms with Crippen LogP contribution in [0.25, 0.3) is 0 Å². The second-order valence-corrected chi connectivity index (χ2v) is 7.04. The Kier molecular flexibility index (Phi) is 4.93. The number of hydrogen-bond acceptors (Lipinski definition) is 2. The van der Waals surface area contributed by atoms with Crippen molar-refractivity contribution in [2.75, 3.05) is 0 Å². The molecule has 1 heterocycles. The normalized spacial score (nSPS) is 13.8. The molecule has 0 saturated carbocycles. The van der Waals surface area contributed by atoms with Crippen molar-refractivity contribution in [1.29, 1.82) is 0 Å². The van der Waals surface area contributed by atoms with Crippen LogP contribution in [0, 0.1) is 0 Å². The lowest BCUT2D eigenvalue weighted by molar-refractivity contribution is -0.122. The van der Waals surface area contributed by atoms with Crippen LogP contribution in [0.15, 0.2) is 78.9 Å². The predicted molar refractivity (Wildman–Crippen MR) is 107 cm³/mol. The molecule has 3 heteroatoms. The zero-order valence-corrected chi connectivity index (χ0v) is 15.4. The van der Waals surface area contributed by atoms with Crippen LogP contribution >= 0.6 is 0 Å². The monoisotopic (exact) mass is 357 g/mol. The molecule has 0 unspecified atom stereocenters. The fourth-order valence-electron chi connectivity index (χ4n) is 3.62. The molecule has 1 aliphatic heterocycles. The minimum absolute atomic E-state index is 0.0266. The van der Waals surface area contributed by atoms with E-state index in [2.05, 4.69) is 36.5 Å². The Morgan fingerprint density at radius 1 is 0.889 bits per heavy atom. The van der Waals surface area contributed by atoms with Gasteiger partial charge in [-0.3, -0.25) is 4.79 Å². The van der Waals surface area contributed by atoms with Crippen molar-refractivity contribution < 1.29 is 9.53 Å². The van der Waals surface area contributed by atoms with Crippen molar-refractivity contribution in [3.05, 3.63) is 95.6 Å². The second-order valence-electron chi connectivity index (χ2n) is 7.04. The summed E-state index contributed by atoms with van der Waals surface area (Å²) in [4.78, 5) is 13.2.